The monoisotopic (exact) mass is 336 g/mol. The highest BCUT2D eigenvalue weighted by Gasteiger charge is 2.57. The van der Waals surface area contributed by atoms with Gasteiger partial charge in [-0.25, -0.2) is 8.78 Å². The molecule has 0 saturated heterocycles. The standard InChI is InChI=1S/C4H5F5O.CF4O.CH2F2O/c1-10-3(6,2-5)4(7,8)9;2-1(3,4)6-5;2-1-4-3/h2H2,1H3;;1H2. The predicted octanol–water partition coefficient (Wildman–Crippen LogP) is 4.05. The summed E-state index contributed by atoms with van der Waals surface area (Å²) in [6, 6.07) is 0. The van der Waals surface area contributed by atoms with Gasteiger partial charge in [-0.15, -0.1) is 13.2 Å². The van der Waals surface area contributed by atoms with E-state index in [1.165, 1.54) is 4.94 Å². The summed E-state index contributed by atoms with van der Waals surface area (Å²) in [7, 11) is 0.451. The van der Waals surface area contributed by atoms with Gasteiger partial charge in [-0.1, -0.05) is 4.94 Å². The molecule has 1 atom stereocenters. The molecule has 0 saturated carbocycles. The van der Waals surface area contributed by atoms with Crippen molar-refractivity contribution in [3.63, 3.8) is 0 Å². The van der Waals surface area contributed by atoms with Gasteiger partial charge < -0.3 is 4.74 Å². The summed E-state index contributed by atoms with van der Waals surface area (Å²) < 4.78 is 121. The van der Waals surface area contributed by atoms with Gasteiger partial charge in [0, 0.05) is 7.11 Å². The smallest absolute Gasteiger partial charge is 0.340 e. The molecule has 126 valence electrons. The van der Waals surface area contributed by atoms with Crippen LogP contribution < -0.4 is 0 Å². The zero-order valence-corrected chi connectivity index (χ0v) is 9.30. The first-order valence-electron chi connectivity index (χ1n) is 3.87. The molecule has 0 spiro atoms. The Bertz CT molecular complexity index is 209. The third kappa shape index (κ3) is 13.5. The van der Waals surface area contributed by atoms with E-state index < -0.39 is 31.9 Å². The first-order chi connectivity index (χ1) is 8.85. The van der Waals surface area contributed by atoms with Crippen molar-refractivity contribution in [3.05, 3.63) is 0 Å². The molecule has 3 nitrogen and oxygen atoms in total. The molecule has 0 amide bonds. The lowest BCUT2D eigenvalue weighted by molar-refractivity contribution is -0.416. The van der Waals surface area contributed by atoms with Gasteiger partial charge in [0.2, 0.25) is 6.86 Å². The molecule has 14 heteroatoms. The van der Waals surface area contributed by atoms with Crippen molar-refractivity contribution < 1.29 is 63.2 Å². The van der Waals surface area contributed by atoms with Gasteiger partial charge >= 0.3 is 18.4 Å². The van der Waals surface area contributed by atoms with E-state index in [0.29, 0.717) is 7.11 Å². The van der Waals surface area contributed by atoms with Crippen LogP contribution in [0, 0.1) is 0 Å². The summed E-state index contributed by atoms with van der Waals surface area (Å²) in [5, 5.41) is 0. The van der Waals surface area contributed by atoms with E-state index in [2.05, 4.69) is 9.68 Å². The first kappa shape index (κ1) is 24.1. The van der Waals surface area contributed by atoms with E-state index in [-0.39, 0.29) is 0 Å². The van der Waals surface area contributed by atoms with Crippen molar-refractivity contribution in [3.8, 4) is 0 Å². The molecule has 0 N–H and O–H groups in total. The van der Waals surface area contributed by atoms with Gasteiger partial charge in [0.15, 0.2) is 6.67 Å². The van der Waals surface area contributed by atoms with Gasteiger partial charge in [-0.2, -0.15) is 22.5 Å². The van der Waals surface area contributed by atoms with Gasteiger partial charge in [0.25, 0.3) is 0 Å². The van der Waals surface area contributed by atoms with E-state index in [9.17, 15) is 48.6 Å². The van der Waals surface area contributed by atoms with Gasteiger partial charge in [-0.3, -0.25) is 0 Å². The van der Waals surface area contributed by atoms with Crippen molar-refractivity contribution >= 4 is 0 Å². The summed E-state index contributed by atoms with van der Waals surface area (Å²) in [5.41, 5.74) is 0. The highest BCUT2D eigenvalue weighted by molar-refractivity contribution is 4.75. The maximum absolute atomic E-state index is 12.0. The fourth-order valence-electron chi connectivity index (χ4n) is 0.246. The summed E-state index contributed by atoms with van der Waals surface area (Å²) in [6.07, 6.45) is -10.4. The Kier molecular flexibility index (Phi) is 13.1. The molecule has 0 heterocycles. The number of hydrogen-bond donors (Lipinski definition) is 0. The molecular formula is C6H7F11O3. The Morgan fingerprint density at radius 3 is 1.15 bits per heavy atom. The fourth-order valence-corrected chi connectivity index (χ4v) is 0.246. The highest BCUT2D eigenvalue weighted by Crippen LogP contribution is 2.34. The van der Waals surface area contributed by atoms with Crippen LogP contribution in [0.2, 0.25) is 0 Å². The SMILES string of the molecule is COC(F)(CF)C(F)(F)F.FCOF.FOC(F)(F)F. The topological polar surface area (TPSA) is 27.7 Å². The average Bonchev–Trinajstić information content (AvgIpc) is 2.36. The van der Waals surface area contributed by atoms with E-state index in [0.717, 1.165) is 0 Å². The Labute approximate surface area is 104 Å². The zero-order valence-electron chi connectivity index (χ0n) is 9.30. The van der Waals surface area contributed by atoms with Gasteiger partial charge in [0.1, 0.15) is 0 Å². The lowest BCUT2D eigenvalue weighted by Gasteiger charge is -2.22. The largest absolute Gasteiger partial charge is 0.553 e. The second-order valence-electron chi connectivity index (χ2n) is 2.31. The van der Waals surface area contributed by atoms with Crippen LogP contribution in [0.3, 0.4) is 0 Å². The Morgan fingerprint density at radius 2 is 1.15 bits per heavy atom. The van der Waals surface area contributed by atoms with Crippen molar-refractivity contribution in [1.29, 1.82) is 0 Å². The molecule has 0 aliphatic heterocycles. The van der Waals surface area contributed by atoms with Crippen LogP contribution in [0.4, 0.5) is 48.6 Å². The number of halogens is 11. The molecule has 0 aromatic rings. The molecule has 0 aliphatic carbocycles. The van der Waals surface area contributed by atoms with Crippen LogP contribution in [0.25, 0.3) is 0 Å². The lowest BCUT2D eigenvalue weighted by atomic mass is 10.3. The third-order valence-electron chi connectivity index (χ3n) is 1.05. The third-order valence-corrected chi connectivity index (χ3v) is 1.05. The Morgan fingerprint density at radius 1 is 0.850 bits per heavy atom. The minimum atomic E-state index is -5.31. The molecule has 0 aromatic carbocycles. The van der Waals surface area contributed by atoms with E-state index in [1.54, 1.807) is 0 Å². The average molecular weight is 336 g/mol. The maximum Gasteiger partial charge on any atom is 0.553 e. The molecular weight excluding hydrogens is 329 g/mol. The molecule has 0 aliphatic rings. The molecule has 1 unspecified atom stereocenters. The van der Waals surface area contributed by atoms with Crippen LogP contribution in [-0.4, -0.2) is 39.0 Å². The number of rotatable bonds is 3. The van der Waals surface area contributed by atoms with Crippen LogP contribution in [0.15, 0.2) is 0 Å². The van der Waals surface area contributed by atoms with E-state index in [4.69, 9.17) is 0 Å². The summed E-state index contributed by atoms with van der Waals surface area (Å²) in [5.74, 6) is -4.15. The summed E-state index contributed by atoms with van der Waals surface area (Å²) >= 11 is 0. The van der Waals surface area contributed by atoms with Crippen LogP contribution in [-0.2, 0) is 14.6 Å². The number of hydrogen-bond acceptors (Lipinski definition) is 3. The van der Waals surface area contributed by atoms with Crippen molar-refractivity contribution in [2.75, 3.05) is 20.6 Å². The minimum absolute atomic E-state index is 0.451. The number of alkyl halides is 9. The fraction of sp³-hybridized carbons (Fsp3) is 1.00. The minimum Gasteiger partial charge on any atom is -0.340 e. The van der Waals surface area contributed by atoms with Gasteiger partial charge in [0.05, 0.1) is 0 Å². The molecule has 0 bridgehead atoms. The highest BCUT2D eigenvalue weighted by atomic mass is 19.5. The molecule has 20 heavy (non-hydrogen) atoms. The molecule has 0 rings (SSSR count). The number of ether oxygens (including phenoxy) is 1. The van der Waals surface area contributed by atoms with E-state index in [1.807, 2.05) is 0 Å². The quantitative estimate of drug-likeness (QED) is 0.728. The van der Waals surface area contributed by atoms with Crippen molar-refractivity contribution in [2.24, 2.45) is 0 Å². The molecule has 0 radical (unpaired) electrons. The first-order valence-corrected chi connectivity index (χ1v) is 3.87. The van der Waals surface area contributed by atoms with Gasteiger partial charge in [-0.05, 0) is 9.05 Å². The molecule has 0 aromatic heterocycles. The zero-order chi connectivity index (χ0) is 17.0. The van der Waals surface area contributed by atoms with E-state index >= 15 is 0 Å². The summed E-state index contributed by atoms with van der Waals surface area (Å²) in [6.45, 7) is -3.58. The Balaban J connectivity index is -0.000000246. The van der Waals surface area contributed by atoms with Crippen LogP contribution in [0.1, 0.15) is 0 Å². The Hall–Kier alpha value is -0.890. The second kappa shape index (κ2) is 10.8. The normalized spacial score (nSPS) is 14.4. The van der Waals surface area contributed by atoms with Crippen molar-refractivity contribution in [1.82, 2.24) is 0 Å². The maximum atomic E-state index is 12.0. The van der Waals surface area contributed by atoms with Crippen LogP contribution in [0.5, 0.6) is 0 Å². The van der Waals surface area contributed by atoms with Crippen molar-refractivity contribution in [2.45, 2.75) is 18.4 Å². The second-order valence-corrected chi connectivity index (χ2v) is 2.31. The molecule has 0 fully saturated rings. The summed E-state index contributed by atoms with van der Waals surface area (Å²) in [4.78, 5) is 3.81. The predicted molar refractivity (Wildman–Crippen MR) is 39.3 cm³/mol. The van der Waals surface area contributed by atoms with Crippen LogP contribution >= 0.6 is 0 Å². The lowest BCUT2D eigenvalue weighted by Crippen LogP contribution is -2.44. The number of methoxy groups -OCH3 is 1.